The molecule has 0 saturated carbocycles. The van der Waals surface area contributed by atoms with E-state index in [2.05, 4.69) is 35.9 Å². The van der Waals surface area contributed by atoms with Gasteiger partial charge in [-0.05, 0) is 0 Å². The molecule has 0 spiro atoms. The summed E-state index contributed by atoms with van der Waals surface area (Å²) in [5.41, 5.74) is 0. The van der Waals surface area contributed by atoms with Crippen molar-refractivity contribution in [3.8, 4) is 0 Å². The molecule has 0 aliphatic heterocycles. The van der Waals surface area contributed by atoms with Crippen molar-refractivity contribution in [1.29, 1.82) is 0 Å². The Labute approximate surface area is 159 Å². The van der Waals surface area contributed by atoms with Crippen molar-refractivity contribution in [3.05, 3.63) is 0 Å². The topological polar surface area (TPSA) is 208 Å². The Morgan fingerprint density at radius 2 is 1.04 bits per heavy atom. The number of carboxylic acids is 2. The molecule has 0 aromatic rings. The summed E-state index contributed by atoms with van der Waals surface area (Å²) in [7, 11) is 0. The SMILES string of the molecule is CC(=O)N[C@H](C[S-])C(=O)[O-].CC(=O)N[C@H](C[S-])C(=O)[O-].N.N.[Pt+4]. The second-order valence-electron chi connectivity index (χ2n) is 3.48. The molecule has 13 heteroatoms. The van der Waals surface area contributed by atoms with Gasteiger partial charge >= 0.3 is 21.1 Å². The van der Waals surface area contributed by atoms with Gasteiger partial charge in [0.25, 0.3) is 0 Å². The first kappa shape index (κ1) is 33.7. The number of hydrogen-bond donors (Lipinski definition) is 4. The summed E-state index contributed by atoms with van der Waals surface area (Å²) in [6.07, 6.45) is 0. The molecule has 2 amide bonds. The predicted octanol–water partition coefficient (Wildman–Crippen LogP) is -4.10. The maximum Gasteiger partial charge on any atom is 4.00 e. The van der Waals surface area contributed by atoms with Gasteiger partial charge in [0.2, 0.25) is 11.8 Å². The van der Waals surface area contributed by atoms with Crippen molar-refractivity contribution in [1.82, 2.24) is 22.9 Å². The normalized spacial score (nSPS) is 10.6. The monoisotopic (exact) mass is 551 g/mol. The number of aliphatic carboxylic acids is 2. The van der Waals surface area contributed by atoms with Crippen molar-refractivity contribution >= 4 is 49.0 Å². The summed E-state index contributed by atoms with van der Waals surface area (Å²) in [5, 5.41) is 24.4. The zero-order valence-corrected chi connectivity index (χ0v) is 16.5. The molecule has 0 bridgehead atoms. The largest absolute Gasteiger partial charge is 4.00 e. The number of nitrogens with one attached hydrogen (secondary N) is 2. The van der Waals surface area contributed by atoms with Crippen LogP contribution in [0.5, 0.6) is 0 Å². The van der Waals surface area contributed by atoms with Crippen LogP contribution in [0.25, 0.3) is 0 Å². The van der Waals surface area contributed by atoms with E-state index in [-0.39, 0.29) is 44.9 Å². The average Bonchev–Trinajstić information content (AvgIpc) is 2.32. The van der Waals surface area contributed by atoms with Gasteiger partial charge in [-0.3, -0.25) is 9.59 Å². The standard InChI is InChI=1S/2C5H9NO3S.2H3N.Pt/c2*1-3(7)6-4(2-10)5(8)9;;;/h2*4,10H,2H2,1H3,(H,6,7)(H,8,9);2*1H3;/q;;;;+4/p-4/t2*4-;;;/m11.../s1. The van der Waals surface area contributed by atoms with Crippen LogP contribution < -0.4 is 33.1 Å². The van der Waals surface area contributed by atoms with E-state index in [9.17, 15) is 29.4 Å². The first-order valence-corrected chi connectivity index (χ1v) is 6.43. The van der Waals surface area contributed by atoms with Crippen molar-refractivity contribution in [2.24, 2.45) is 0 Å². The Hall–Kier alpha value is -0.812. The van der Waals surface area contributed by atoms with Gasteiger partial charge in [0.1, 0.15) is 0 Å². The number of carbonyl (C=O) groups excluding carboxylic acids is 4. The third-order valence-corrected chi connectivity index (χ3v) is 2.32. The third kappa shape index (κ3) is 21.2. The quantitative estimate of drug-likeness (QED) is 0.235. The summed E-state index contributed by atoms with van der Waals surface area (Å²) in [4.78, 5) is 40.7. The van der Waals surface area contributed by atoms with Crippen LogP contribution in [0.3, 0.4) is 0 Å². The fourth-order valence-corrected chi connectivity index (χ4v) is 1.27. The molecule has 138 valence electrons. The minimum absolute atomic E-state index is 0. The fourth-order valence-electron chi connectivity index (χ4n) is 0.828. The predicted molar refractivity (Wildman–Crippen MR) is 79.7 cm³/mol. The zero-order valence-electron chi connectivity index (χ0n) is 12.6. The molecule has 0 aliphatic rings. The minimum Gasteiger partial charge on any atom is -0.790 e. The van der Waals surface area contributed by atoms with Crippen LogP contribution >= 0.6 is 0 Å². The first-order valence-electron chi connectivity index (χ1n) is 5.27. The molecule has 2 atom stereocenters. The van der Waals surface area contributed by atoms with Gasteiger partial charge in [0.15, 0.2) is 0 Å². The van der Waals surface area contributed by atoms with Crippen LogP contribution in [0.1, 0.15) is 13.8 Å². The second kappa shape index (κ2) is 19.2. The molecule has 0 rings (SSSR count). The van der Waals surface area contributed by atoms with Crippen molar-refractivity contribution < 1.29 is 50.5 Å². The van der Waals surface area contributed by atoms with E-state index in [1.54, 1.807) is 0 Å². The van der Waals surface area contributed by atoms with Gasteiger partial charge in [-0.1, -0.05) is 0 Å². The fraction of sp³-hybridized carbons (Fsp3) is 0.600. The van der Waals surface area contributed by atoms with E-state index >= 15 is 0 Å². The smallest absolute Gasteiger partial charge is 0.790 e. The Kier molecular flexibility index (Phi) is 28.2. The van der Waals surface area contributed by atoms with E-state index in [1.807, 2.05) is 0 Å². The van der Waals surface area contributed by atoms with Gasteiger partial charge in [0.05, 0.1) is 11.9 Å². The molecule has 23 heavy (non-hydrogen) atoms. The van der Waals surface area contributed by atoms with E-state index in [4.69, 9.17) is 0 Å². The van der Waals surface area contributed by atoms with Crippen LogP contribution in [-0.4, -0.2) is 47.3 Å². The number of carbonyl (C=O) groups is 4. The van der Waals surface area contributed by atoms with Crippen molar-refractivity contribution in [3.63, 3.8) is 0 Å². The van der Waals surface area contributed by atoms with Crippen LogP contribution in [-0.2, 0) is 65.5 Å². The third-order valence-electron chi connectivity index (χ3n) is 1.66. The molecular weight excluding hydrogens is 531 g/mol. The van der Waals surface area contributed by atoms with E-state index in [1.165, 1.54) is 13.8 Å². The molecular formula is C10H20N4O6PtS2. The van der Waals surface area contributed by atoms with Gasteiger partial charge in [-0.2, -0.15) is 11.5 Å². The maximum absolute atomic E-state index is 10.3. The maximum atomic E-state index is 10.3. The second-order valence-corrected chi connectivity index (χ2v) is 4.14. The summed E-state index contributed by atoms with van der Waals surface area (Å²) in [6, 6.07) is -2.07. The van der Waals surface area contributed by atoms with Gasteiger partial charge in [-0.25, -0.2) is 0 Å². The molecule has 8 N–H and O–H groups in total. The van der Waals surface area contributed by atoms with Crippen molar-refractivity contribution in [2.45, 2.75) is 25.9 Å². The van der Waals surface area contributed by atoms with Gasteiger partial charge in [0, 0.05) is 25.9 Å². The number of hydrogen-bond acceptors (Lipinski definition) is 10. The molecule has 0 saturated heterocycles. The molecule has 0 aromatic carbocycles. The molecule has 0 aromatic heterocycles. The Bertz CT molecular complexity index is 341. The van der Waals surface area contributed by atoms with E-state index in [0.717, 1.165) is 0 Å². The summed E-state index contributed by atoms with van der Waals surface area (Å²) in [5.74, 6) is -3.65. The van der Waals surface area contributed by atoms with Crippen LogP contribution in [0.4, 0.5) is 0 Å². The van der Waals surface area contributed by atoms with Crippen molar-refractivity contribution in [2.75, 3.05) is 11.5 Å². The summed E-state index contributed by atoms with van der Waals surface area (Å²) in [6.45, 7) is 2.45. The molecule has 0 unspecified atom stereocenters. The molecule has 0 radical (unpaired) electrons. The zero-order chi connectivity index (χ0) is 16.3. The number of carboxylic acid groups (broad SMARTS) is 2. The van der Waals surface area contributed by atoms with Gasteiger partial charge in [-0.15, -0.1) is 0 Å². The Morgan fingerprint density at radius 1 is 0.826 bits per heavy atom. The first-order chi connectivity index (χ1) is 9.15. The number of amides is 2. The van der Waals surface area contributed by atoms with Crippen LogP contribution in [0.2, 0.25) is 0 Å². The summed E-state index contributed by atoms with van der Waals surface area (Å²) < 4.78 is 0. The average molecular weight is 552 g/mol. The summed E-state index contributed by atoms with van der Waals surface area (Å²) >= 11 is 8.87. The minimum atomic E-state index is -1.34. The molecule has 0 heterocycles. The van der Waals surface area contributed by atoms with Crippen LogP contribution in [0, 0.1) is 0 Å². The number of rotatable bonds is 6. The van der Waals surface area contributed by atoms with Gasteiger partial charge < -0.3 is 68.0 Å². The molecule has 0 fully saturated rings. The molecule has 0 aliphatic carbocycles. The molecule has 10 nitrogen and oxygen atoms in total. The van der Waals surface area contributed by atoms with E-state index < -0.39 is 35.8 Å². The van der Waals surface area contributed by atoms with E-state index in [0.29, 0.717) is 0 Å². The Balaban J connectivity index is -0.0000000831. The Morgan fingerprint density at radius 3 is 1.09 bits per heavy atom. The van der Waals surface area contributed by atoms with Crippen LogP contribution in [0.15, 0.2) is 0 Å².